The molecule has 1 aliphatic rings. The zero-order chi connectivity index (χ0) is 9.59. The number of benzene rings is 1. The number of aromatic hydroxyl groups is 1. The molecule has 0 heterocycles. The van der Waals surface area contributed by atoms with Crippen molar-refractivity contribution in [2.45, 2.75) is 12.8 Å². The number of hydrogen-bond acceptors (Lipinski definition) is 2. The van der Waals surface area contributed by atoms with Crippen LogP contribution in [-0.4, -0.2) is 10.9 Å². The van der Waals surface area contributed by atoms with Gasteiger partial charge in [-0.1, -0.05) is 27.5 Å². The molecule has 0 bridgehead atoms. The fourth-order valence-electron chi connectivity index (χ4n) is 1.56. The highest BCUT2D eigenvalue weighted by molar-refractivity contribution is 9.10. The van der Waals surface area contributed by atoms with Gasteiger partial charge in [0, 0.05) is 10.9 Å². The van der Waals surface area contributed by atoms with E-state index < -0.39 is 0 Å². The third-order valence-corrected chi connectivity index (χ3v) is 3.18. The van der Waals surface area contributed by atoms with Gasteiger partial charge in [0.25, 0.3) is 0 Å². The summed E-state index contributed by atoms with van der Waals surface area (Å²) in [6.45, 7) is 0. The van der Waals surface area contributed by atoms with Crippen molar-refractivity contribution in [3.63, 3.8) is 0 Å². The monoisotopic (exact) mass is 260 g/mol. The van der Waals surface area contributed by atoms with E-state index in [0.29, 0.717) is 18.4 Å². The number of phenols is 1. The lowest BCUT2D eigenvalue weighted by Crippen LogP contribution is -1.93. The lowest BCUT2D eigenvalue weighted by Gasteiger charge is -2.05. The summed E-state index contributed by atoms with van der Waals surface area (Å²) in [7, 11) is 0. The second-order valence-electron chi connectivity index (χ2n) is 2.97. The summed E-state index contributed by atoms with van der Waals surface area (Å²) in [6.07, 6.45) is 1.14. The second-order valence-corrected chi connectivity index (χ2v) is 4.23. The molecule has 4 heteroatoms. The molecule has 68 valence electrons. The van der Waals surface area contributed by atoms with Gasteiger partial charge >= 0.3 is 0 Å². The molecule has 1 aromatic carbocycles. The minimum absolute atomic E-state index is 0.0318. The number of carbonyl (C=O) groups excluding carboxylic acids is 1. The van der Waals surface area contributed by atoms with Crippen molar-refractivity contribution < 1.29 is 9.90 Å². The molecule has 0 spiro atoms. The molecule has 0 aromatic heterocycles. The van der Waals surface area contributed by atoms with Gasteiger partial charge in [-0.3, -0.25) is 4.79 Å². The van der Waals surface area contributed by atoms with E-state index in [4.69, 9.17) is 11.6 Å². The zero-order valence-electron chi connectivity index (χ0n) is 6.60. The van der Waals surface area contributed by atoms with E-state index in [2.05, 4.69) is 15.9 Å². The number of carbonyl (C=O) groups is 1. The Balaban J connectivity index is 2.77. The Labute approximate surface area is 88.6 Å². The number of halogens is 2. The van der Waals surface area contributed by atoms with Crippen molar-refractivity contribution in [1.82, 2.24) is 0 Å². The maximum Gasteiger partial charge on any atom is 0.167 e. The summed E-state index contributed by atoms with van der Waals surface area (Å²) < 4.78 is 0.802. The average molecular weight is 262 g/mol. The zero-order valence-corrected chi connectivity index (χ0v) is 8.94. The number of rotatable bonds is 0. The molecule has 1 N–H and O–H groups in total. The number of Topliss-reactive ketones (excluding diaryl/α,β-unsaturated/α-hetero) is 1. The molecule has 2 nitrogen and oxygen atoms in total. The van der Waals surface area contributed by atoms with Crippen LogP contribution < -0.4 is 0 Å². The van der Waals surface area contributed by atoms with Crippen LogP contribution in [0, 0.1) is 0 Å². The van der Waals surface area contributed by atoms with Gasteiger partial charge in [-0.05, 0) is 18.1 Å². The predicted molar refractivity (Wildman–Crippen MR) is 53.5 cm³/mol. The van der Waals surface area contributed by atoms with E-state index in [1.165, 1.54) is 0 Å². The highest BCUT2D eigenvalue weighted by Gasteiger charge is 2.26. The maximum absolute atomic E-state index is 11.4. The number of fused-ring (bicyclic) bond motifs is 1. The van der Waals surface area contributed by atoms with Gasteiger partial charge in [0.05, 0.1) is 10.6 Å². The first kappa shape index (κ1) is 9.03. The summed E-state index contributed by atoms with van der Waals surface area (Å²) in [5.74, 6) is -0.113. The van der Waals surface area contributed by atoms with Gasteiger partial charge in [0.2, 0.25) is 0 Å². The van der Waals surface area contributed by atoms with Gasteiger partial charge in [-0.2, -0.15) is 0 Å². The molecule has 1 aliphatic carbocycles. The Kier molecular flexibility index (Phi) is 2.08. The summed E-state index contributed by atoms with van der Waals surface area (Å²) in [6, 6.07) is 1.62. The standard InChI is InChI=1S/C9H6BrClO2/c10-5-3-6(11)9(13)8-4(5)1-2-7(8)12/h3,13H,1-2H2. The van der Waals surface area contributed by atoms with Crippen molar-refractivity contribution in [3.05, 3.63) is 26.7 Å². The highest BCUT2D eigenvalue weighted by atomic mass is 79.9. The molecular formula is C9H6BrClO2. The molecule has 2 rings (SSSR count). The first-order valence-electron chi connectivity index (χ1n) is 3.84. The van der Waals surface area contributed by atoms with Crippen molar-refractivity contribution in [3.8, 4) is 5.75 Å². The van der Waals surface area contributed by atoms with Gasteiger partial charge in [-0.25, -0.2) is 0 Å². The summed E-state index contributed by atoms with van der Waals surface area (Å²) in [4.78, 5) is 11.4. The van der Waals surface area contributed by atoms with Gasteiger partial charge in [-0.15, -0.1) is 0 Å². The fourth-order valence-corrected chi connectivity index (χ4v) is 2.52. The molecule has 0 aliphatic heterocycles. The summed E-state index contributed by atoms with van der Waals surface area (Å²) >= 11 is 9.04. The molecule has 0 amide bonds. The molecule has 0 radical (unpaired) electrons. The van der Waals surface area contributed by atoms with E-state index in [-0.39, 0.29) is 16.6 Å². The van der Waals surface area contributed by atoms with E-state index in [0.717, 1.165) is 10.0 Å². The van der Waals surface area contributed by atoms with Crippen LogP contribution in [0.15, 0.2) is 10.5 Å². The third-order valence-electron chi connectivity index (χ3n) is 2.19. The van der Waals surface area contributed by atoms with Crippen LogP contribution >= 0.6 is 27.5 Å². The molecule has 0 unspecified atom stereocenters. The fraction of sp³-hybridized carbons (Fsp3) is 0.222. The SMILES string of the molecule is O=C1CCc2c(Br)cc(Cl)c(O)c21. The summed E-state index contributed by atoms with van der Waals surface area (Å²) in [5, 5.41) is 9.76. The smallest absolute Gasteiger partial charge is 0.167 e. The minimum Gasteiger partial charge on any atom is -0.506 e. The quantitative estimate of drug-likeness (QED) is 0.779. The normalized spacial score (nSPS) is 14.8. The lowest BCUT2D eigenvalue weighted by atomic mass is 10.1. The average Bonchev–Trinajstić information content (AvgIpc) is 2.44. The molecule has 0 saturated carbocycles. The molecule has 1 aromatic rings. The second kappa shape index (κ2) is 3.00. The van der Waals surface area contributed by atoms with Gasteiger partial charge < -0.3 is 5.11 Å². The van der Waals surface area contributed by atoms with Crippen LogP contribution in [0.1, 0.15) is 22.3 Å². The Bertz CT molecular complexity index is 401. The van der Waals surface area contributed by atoms with Gasteiger partial charge in [0.15, 0.2) is 5.78 Å². The Morgan fingerprint density at radius 2 is 2.15 bits per heavy atom. The Hall–Kier alpha value is -0.540. The lowest BCUT2D eigenvalue weighted by molar-refractivity contribution is 0.0992. The molecule has 0 fully saturated rings. The predicted octanol–water partition coefficient (Wildman–Crippen LogP) is 2.94. The van der Waals surface area contributed by atoms with Crippen molar-refractivity contribution in [2.24, 2.45) is 0 Å². The van der Waals surface area contributed by atoms with Crippen molar-refractivity contribution in [1.29, 1.82) is 0 Å². The van der Waals surface area contributed by atoms with E-state index >= 15 is 0 Å². The van der Waals surface area contributed by atoms with Crippen LogP contribution in [0.25, 0.3) is 0 Å². The summed E-state index contributed by atoms with van der Waals surface area (Å²) in [5.41, 5.74) is 1.26. The molecule has 13 heavy (non-hydrogen) atoms. The first-order valence-corrected chi connectivity index (χ1v) is 5.01. The van der Waals surface area contributed by atoms with Crippen molar-refractivity contribution >= 4 is 33.3 Å². The van der Waals surface area contributed by atoms with E-state index in [1.807, 2.05) is 0 Å². The van der Waals surface area contributed by atoms with Crippen molar-refractivity contribution in [2.75, 3.05) is 0 Å². The maximum atomic E-state index is 11.4. The Morgan fingerprint density at radius 1 is 1.46 bits per heavy atom. The van der Waals surface area contributed by atoms with Crippen LogP contribution in [-0.2, 0) is 6.42 Å². The van der Waals surface area contributed by atoms with Crippen LogP contribution in [0.2, 0.25) is 5.02 Å². The molecular weight excluding hydrogens is 255 g/mol. The number of phenolic OH excluding ortho intramolecular Hbond substituents is 1. The van der Waals surface area contributed by atoms with Crippen LogP contribution in [0.3, 0.4) is 0 Å². The number of hydrogen-bond donors (Lipinski definition) is 1. The van der Waals surface area contributed by atoms with Crippen LogP contribution in [0.5, 0.6) is 5.75 Å². The number of ketones is 1. The first-order chi connectivity index (χ1) is 6.11. The van der Waals surface area contributed by atoms with E-state index in [1.54, 1.807) is 6.07 Å². The third kappa shape index (κ3) is 1.27. The molecule has 0 atom stereocenters. The van der Waals surface area contributed by atoms with Gasteiger partial charge in [0.1, 0.15) is 5.75 Å². The highest BCUT2D eigenvalue weighted by Crippen LogP contribution is 2.39. The van der Waals surface area contributed by atoms with Crippen LogP contribution in [0.4, 0.5) is 0 Å². The topological polar surface area (TPSA) is 37.3 Å². The van der Waals surface area contributed by atoms with E-state index in [9.17, 15) is 9.90 Å². The Morgan fingerprint density at radius 3 is 2.85 bits per heavy atom. The largest absolute Gasteiger partial charge is 0.506 e. The minimum atomic E-state index is -0.0811. The molecule has 0 saturated heterocycles.